The summed E-state index contributed by atoms with van der Waals surface area (Å²) in [4.78, 5) is 45.9. The molecule has 2 fully saturated rings. The van der Waals surface area contributed by atoms with E-state index in [0.717, 1.165) is 6.54 Å². The fourth-order valence-electron chi connectivity index (χ4n) is 2.91. The van der Waals surface area contributed by atoms with Gasteiger partial charge in [0, 0.05) is 57.7 Å². The van der Waals surface area contributed by atoms with E-state index in [-0.39, 0.29) is 24.1 Å². The molecule has 116 valence electrons. The highest BCUT2D eigenvalue weighted by Gasteiger charge is 2.39. The van der Waals surface area contributed by atoms with Crippen LogP contribution in [0, 0.1) is 0 Å². The number of ketones is 1. The van der Waals surface area contributed by atoms with Crippen molar-refractivity contribution in [2.45, 2.75) is 6.04 Å². The van der Waals surface area contributed by atoms with E-state index in [1.807, 2.05) is 0 Å². The van der Waals surface area contributed by atoms with Gasteiger partial charge in [0.1, 0.15) is 6.04 Å². The topological polar surface area (TPSA) is 73.8 Å². The third-order valence-corrected chi connectivity index (χ3v) is 4.28. The maximum atomic E-state index is 12.4. The summed E-state index contributed by atoms with van der Waals surface area (Å²) in [6.07, 6.45) is 2.94. The number of hydrogen-bond acceptors (Lipinski definition) is 5. The summed E-state index contributed by atoms with van der Waals surface area (Å²) < 4.78 is 0. The molecule has 2 saturated heterocycles. The molecule has 0 spiro atoms. The van der Waals surface area contributed by atoms with Crippen molar-refractivity contribution in [2.75, 3.05) is 39.8 Å². The number of hydrogen-bond donors (Lipinski definition) is 0. The molecule has 0 aliphatic carbocycles. The second-order valence-electron chi connectivity index (χ2n) is 5.63. The maximum absolute atomic E-state index is 12.4. The number of aromatic nitrogens is 1. The van der Waals surface area contributed by atoms with E-state index < -0.39 is 11.7 Å². The van der Waals surface area contributed by atoms with E-state index in [1.165, 1.54) is 11.1 Å². The molecule has 7 heteroatoms. The number of likely N-dealkylation sites (N-methyl/N-ethyl adjacent to an activating group) is 1. The predicted octanol–water partition coefficient (Wildman–Crippen LogP) is -0.751. The average Bonchev–Trinajstić information content (AvgIpc) is 2.57. The van der Waals surface area contributed by atoms with Crippen LogP contribution < -0.4 is 0 Å². The van der Waals surface area contributed by atoms with Crippen molar-refractivity contribution in [2.24, 2.45) is 0 Å². The summed E-state index contributed by atoms with van der Waals surface area (Å²) >= 11 is 0. The summed E-state index contributed by atoms with van der Waals surface area (Å²) in [6.45, 7) is 2.88. The van der Waals surface area contributed by atoms with E-state index >= 15 is 0 Å². The lowest BCUT2D eigenvalue weighted by Gasteiger charge is -2.45. The number of pyridine rings is 1. The van der Waals surface area contributed by atoms with Gasteiger partial charge in [0.25, 0.3) is 11.7 Å². The lowest BCUT2D eigenvalue weighted by molar-refractivity contribution is -0.146. The third kappa shape index (κ3) is 2.59. The molecular formula is C15H18N4O3. The van der Waals surface area contributed by atoms with Gasteiger partial charge in [-0.05, 0) is 12.1 Å². The molecule has 1 atom stereocenters. The summed E-state index contributed by atoms with van der Waals surface area (Å²) in [7, 11) is 1.77. The Morgan fingerprint density at radius 1 is 1.23 bits per heavy atom. The molecule has 1 aromatic heterocycles. The zero-order chi connectivity index (χ0) is 15.7. The second kappa shape index (κ2) is 5.84. The van der Waals surface area contributed by atoms with Crippen LogP contribution in [0.4, 0.5) is 0 Å². The van der Waals surface area contributed by atoms with Crippen LogP contribution in [0.3, 0.4) is 0 Å². The molecule has 3 heterocycles. The van der Waals surface area contributed by atoms with E-state index in [2.05, 4.69) is 9.88 Å². The van der Waals surface area contributed by atoms with Crippen molar-refractivity contribution < 1.29 is 14.4 Å². The Balaban J connectivity index is 1.72. The summed E-state index contributed by atoms with van der Waals surface area (Å²) in [5.74, 6) is -1.12. The van der Waals surface area contributed by atoms with Crippen molar-refractivity contribution in [3.8, 4) is 0 Å². The van der Waals surface area contributed by atoms with Gasteiger partial charge in [-0.2, -0.15) is 0 Å². The van der Waals surface area contributed by atoms with Gasteiger partial charge in [-0.1, -0.05) is 0 Å². The largest absolute Gasteiger partial charge is 0.343 e. The van der Waals surface area contributed by atoms with Gasteiger partial charge in [0.05, 0.1) is 0 Å². The standard InChI is InChI=1S/C15H18N4O3/c1-17-5-6-18-7-8-19(10-12(18)14(17)21)15(22)13(20)11-3-2-4-16-9-11/h2-4,9,12H,5-8,10H2,1H3. The Hall–Kier alpha value is -2.28. The maximum Gasteiger partial charge on any atom is 0.295 e. The molecule has 2 aliphatic heterocycles. The number of carbonyl (C=O) groups is 3. The molecular weight excluding hydrogens is 284 g/mol. The minimum absolute atomic E-state index is 0.0116. The number of fused-ring (bicyclic) bond motifs is 1. The molecule has 2 aliphatic rings. The summed E-state index contributed by atoms with van der Waals surface area (Å²) in [6, 6.07) is 2.86. The highest BCUT2D eigenvalue weighted by Crippen LogP contribution is 2.17. The van der Waals surface area contributed by atoms with Crippen LogP contribution in [0.25, 0.3) is 0 Å². The molecule has 1 aromatic rings. The number of nitrogens with zero attached hydrogens (tertiary/aromatic N) is 4. The lowest BCUT2D eigenvalue weighted by atomic mass is 10.1. The van der Waals surface area contributed by atoms with Crippen molar-refractivity contribution in [3.63, 3.8) is 0 Å². The fourth-order valence-corrected chi connectivity index (χ4v) is 2.91. The van der Waals surface area contributed by atoms with Crippen LogP contribution in [0.2, 0.25) is 0 Å². The van der Waals surface area contributed by atoms with Crippen molar-refractivity contribution in [3.05, 3.63) is 30.1 Å². The summed E-state index contributed by atoms with van der Waals surface area (Å²) in [5, 5.41) is 0. The molecule has 2 amide bonds. The van der Waals surface area contributed by atoms with Gasteiger partial charge in [-0.3, -0.25) is 24.3 Å². The Bertz CT molecular complexity index is 604. The number of piperazine rings is 2. The van der Waals surface area contributed by atoms with Gasteiger partial charge in [0.2, 0.25) is 5.91 Å². The highest BCUT2D eigenvalue weighted by molar-refractivity contribution is 6.42. The first-order valence-corrected chi connectivity index (χ1v) is 7.30. The minimum atomic E-state index is -0.571. The number of amides is 2. The Morgan fingerprint density at radius 3 is 2.73 bits per heavy atom. The smallest absolute Gasteiger partial charge is 0.295 e. The molecule has 0 bridgehead atoms. The molecule has 0 N–H and O–H groups in total. The van der Waals surface area contributed by atoms with Gasteiger partial charge >= 0.3 is 0 Å². The first-order chi connectivity index (χ1) is 10.6. The zero-order valence-corrected chi connectivity index (χ0v) is 12.4. The molecule has 22 heavy (non-hydrogen) atoms. The number of Topliss-reactive ketones (excluding diaryl/α,β-unsaturated/α-hetero) is 1. The third-order valence-electron chi connectivity index (χ3n) is 4.28. The molecule has 3 rings (SSSR count). The first-order valence-electron chi connectivity index (χ1n) is 7.30. The van der Waals surface area contributed by atoms with E-state index in [4.69, 9.17) is 0 Å². The van der Waals surface area contributed by atoms with Crippen LogP contribution in [0.15, 0.2) is 24.5 Å². The predicted molar refractivity (Wildman–Crippen MR) is 78.1 cm³/mol. The minimum Gasteiger partial charge on any atom is -0.343 e. The molecule has 0 radical (unpaired) electrons. The van der Waals surface area contributed by atoms with Crippen LogP contribution in [-0.2, 0) is 9.59 Å². The molecule has 0 saturated carbocycles. The van der Waals surface area contributed by atoms with Gasteiger partial charge < -0.3 is 9.80 Å². The van der Waals surface area contributed by atoms with E-state index in [0.29, 0.717) is 19.6 Å². The Labute approximate surface area is 128 Å². The Morgan fingerprint density at radius 2 is 2.00 bits per heavy atom. The van der Waals surface area contributed by atoms with Crippen LogP contribution in [0.1, 0.15) is 10.4 Å². The Kier molecular flexibility index (Phi) is 3.89. The molecule has 0 aromatic carbocycles. The number of rotatable bonds is 2. The first kappa shape index (κ1) is 14.6. The second-order valence-corrected chi connectivity index (χ2v) is 5.63. The van der Waals surface area contributed by atoms with Crippen molar-refractivity contribution >= 4 is 17.6 Å². The average molecular weight is 302 g/mol. The zero-order valence-electron chi connectivity index (χ0n) is 12.4. The summed E-state index contributed by atoms with van der Waals surface area (Å²) in [5.41, 5.74) is 0.280. The van der Waals surface area contributed by atoms with Gasteiger partial charge in [-0.25, -0.2) is 0 Å². The van der Waals surface area contributed by atoms with Crippen LogP contribution >= 0.6 is 0 Å². The normalized spacial score (nSPS) is 22.4. The van der Waals surface area contributed by atoms with Crippen LogP contribution in [0.5, 0.6) is 0 Å². The quantitative estimate of drug-likeness (QED) is 0.531. The van der Waals surface area contributed by atoms with Gasteiger partial charge in [-0.15, -0.1) is 0 Å². The van der Waals surface area contributed by atoms with Crippen molar-refractivity contribution in [1.29, 1.82) is 0 Å². The van der Waals surface area contributed by atoms with E-state index in [1.54, 1.807) is 30.3 Å². The van der Waals surface area contributed by atoms with E-state index in [9.17, 15) is 14.4 Å². The van der Waals surface area contributed by atoms with Gasteiger partial charge in [0.15, 0.2) is 0 Å². The lowest BCUT2D eigenvalue weighted by Crippen LogP contribution is -2.65. The van der Waals surface area contributed by atoms with Crippen molar-refractivity contribution in [1.82, 2.24) is 19.7 Å². The van der Waals surface area contributed by atoms with Crippen LogP contribution in [-0.4, -0.2) is 83.1 Å². The monoisotopic (exact) mass is 302 g/mol. The highest BCUT2D eigenvalue weighted by atomic mass is 16.2. The molecule has 1 unspecified atom stereocenters. The molecule has 7 nitrogen and oxygen atoms in total. The fraction of sp³-hybridized carbons (Fsp3) is 0.467. The SMILES string of the molecule is CN1CCN2CCN(C(=O)C(=O)c3cccnc3)CC2C1=O. The number of carbonyl (C=O) groups excluding carboxylic acids is 3.